The number of nitrogen functional groups attached to an aromatic ring is 1. The van der Waals surface area contributed by atoms with Crippen LogP contribution in [-0.2, 0) is 0 Å². The quantitative estimate of drug-likeness (QED) is 0.583. The van der Waals surface area contributed by atoms with Crippen molar-refractivity contribution in [3.8, 4) is 0 Å². The fraction of sp³-hybridized carbons (Fsp3) is 0.400. The van der Waals surface area contributed by atoms with Crippen LogP contribution in [0.4, 0.5) is 36.1 Å². The number of carbonyl (C=O) groups excluding carboxylic acids is 1. The van der Waals surface area contributed by atoms with Crippen LogP contribution in [0.15, 0.2) is 28.5 Å². The van der Waals surface area contributed by atoms with Gasteiger partial charge in [-0.2, -0.15) is 13.2 Å². The zero-order valence-electron chi connectivity index (χ0n) is 16.8. The smallest absolute Gasteiger partial charge is 0.393 e. The van der Waals surface area contributed by atoms with E-state index < -0.39 is 24.0 Å². The maximum absolute atomic E-state index is 13.3. The lowest BCUT2D eigenvalue weighted by Crippen LogP contribution is -2.51. The number of carbonyl (C=O) groups is 1. The molecule has 166 valence electrons. The predicted molar refractivity (Wildman–Crippen MR) is 112 cm³/mol. The van der Waals surface area contributed by atoms with Gasteiger partial charge in [0.25, 0.3) is 5.91 Å². The SMILES string of the molecule is CC1=Cc2oc(N)c(C(=O)Nc3cnccc3N3C[C@@H](N)C[C@@H](C(F)(F)F)C3)c2NC1. The first kappa shape index (κ1) is 21.0. The highest BCUT2D eigenvalue weighted by atomic mass is 19.4. The van der Waals surface area contributed by atoms with Crippen LogP contribution in [-0.4, -0.2) is 42.7 Å². The molecule has 8 nitrogen and oxygen atoms in total. The number of fused-ring (bicyclic) bond motifs is 1. The topological polar surface area (TPSA) is 122 Å². The third-order valence-electron chi connectivity index (χ3n) is 5.44. The lowest BCUT2D eigenvalue weighted by molar-refractivity contribution is -0.177. The Hall–Kier alpha value is -3.21. The number of rotatable bonds is 3. The molecule has 31 heavy (non-hydrogen) atoms. The molecule has 4 rings (SSSR count). The normalized spacial score (nSPS) is 21.2. The second-order valence-electron chi connectivity index (χ2n) is 7.91. The van der Waals surface area contributed by atoms with Crippen LogP contribution in [0.5, 0.6) is 0 Å². The van der Waals surface area contributed by atoms with Crippen LogP contribution in [0, 0.1) is 5.92 Å². The van der Waals surface area contributed by atoms with Gasteiger partial charge >= 0.3 is 6.18 Å². The molecule has 2 atom stereocenters. The molecule has 2 aliphatic heterocycles. The lowest BCUT2D eigenvalue weighted by atomic mass is 9.93. The zero-order chi connectivity index (χ0) is 22.3. The molecule has 0 saturated carbocycles. The van der Waals surface area contributed by atoms with Crippen molar-refractivity contribution >= 4 is 34.9 Å². The highest BCUT2D eigenvalue weighted by molar-refractivity contribution is 6.13. The second kappa shape index (κ2) is 7.80. The number of alkyl halides is 3. The third-order valence-corrected chi connectivity index (χ3v) is 5.44. The van der Waals surface area contributed by atoms with Gasteiger partial charge in [0, 0.05) is 31.9 Å². The van der Waals surface area contributed by atoms with Crippen LogP contribution in [0.2, 0.25) is 0 Å². The van der Waals surface area contributed by atoms with Crippen molar-refractivity contribution in [3.05, 3.63) is 35.4 Å². The molecule has 2 aromatic rings. The second-order valence-corrected chi connectivity index (χ2v) is 7.91. The van der Waals surface area contributed by atoms with Crippen molar-refractivity contribution in [2.24, 2.45) is 11.7 Å². The van der Waals surface area contributed by atoms with Gasteiger partial charge in [0.15, 0.2) is 5.76 Å². The minimum Gasteiger partial charge on any atom is -0.438 e. The molecule has 0 spiro atoms. The van der Waals surface area contributed by atoms with Gasteiger partial charge in [0.1, 0.15) is 5.56 Å². The van der Waals surface area contributed by atoms with Gasteiger partial charge in [-0.15, -0.1) is 0 Å². The number of pyridine rings is 1. The Labute approximate surface area is 176 Å². The van der Waals surface area contributed by atoms with E-state index in [1.165, 1.54) is 17.3 Å². The van der Waals surface area contributed by atoms with Crippen LogP contribution in [0.25, 0.3) is 6.08 Å². The standard InChI is InChI=1S/C20H23F3N6O2/c1-10-4-15-17(27-6-10)16(18(25)31-15)19(30)28-13-7-26-3-2-14(13)29-8-11(20(21,22)23)5-12(24)9-29/h2-4,7,11-12,27H,5-6,8-9,24-25H2,1H3,(H,28,30)/t11-,12+/m1/s1. The zero-order valence-corrected chi connectivity index (χ0v) is 16.8. The van der Waals surface area contributed by atoms with E-state index in [4.69, 9.17) is 15.9 Å². The van der Waals surface area contributed by atoms with E-state index in [1.54, 1.807) is 12.1 Å². The maximum atomic E-state index is 13.3. The number of halogens is 3. The summed E-state index contributed by atoms with van der Waals surface area (Å²) in [4.78, 5) is 18.5. The van der Waals surface area contributed by atoms with E-state index in [9.17, 15) is 18.0 Å². The number of hydrogen-bond acceptors (Lipinski definition) is 7. The van der Waals surface area contributed by atoms with Gasteiger partial charge in [-0.25, -0.2) is 0 Å². The largest absolute Gasteiger partial charge is 0.438 e. The number of furan rings is 1. The van der Waals surface area contributed by atoms with Crippen LogP contribution >= 0.6 is 0 Å². The molecule has 0 aromatic carbocycles. The molecular formula is C20H23F3N6O2. The van der Waals surface area contributed by atoms with Gasteiger partial charge in [0.2, 0.25) is 5.88 Å². The summed E-state index contributed by atoms with van der Waals surface area (Å²) in [6.07, 6.45) is 0.144. The third kappa shape index (κ3) is 4.18. The number of amides is 1. The van der Waals surface area contributed by atoms with Gasteiger partial charge in [-0.05, 0) is 25.5 Å². The van der Waals surface area contributed by atoms with Gasteiger partial charge in [-0.1, -0.05) is 5.57 Å². The summed E-state index contributed by atoms with van der Waals surface area (Å²) >= 11 is 0. The fourth-order valence-corrected chi connectivity index (χ4v) is 3.99. The summed E-state index contributed by atoms with van der Waals surface area (Å²) in [5.41, 5.74) is 14.1. The number of aromatic nitrogens is 1. The first-order valence-electron chi connectivity index (χ1n) is 9.79. The monoisotopic (exact) mass is 436 g/mol. The minimum absolute atomic E-state index is 0.0523. The number of hydrogen-bond donors (Lipinski definition) is 4. The van der Waals surface area contributed by atoms with E-state index in [0.717, 1.165) is 5.57 Å². The molecule has 11 heteroatoms. The molecule has 4 heterocycles. The fourth-order valence-electron chi connectivity index (χ4n) is 3.99. The Morgan fingerprint density at radius 2 is 2.16 bits per heavy atom. The maximum Gasteiger partial charge on any atom is 0.393 e. The molecule has 6 N–H and O–H groups in total. The molecule has 0 bridgehead atoms. The summed E-state index contributed by atoms with van der Waals surface area (Å²) in [7, 11) is 0. The van der Waals surface area contributed by atoms with Crippen molar-refractivity contribution in [2.45, 2.75) is 25.6 Å². The van der Waals surface area contributed by atoms with E-state index in [0.29, 0.717) is 23.7 Å². The Morgan fingerprint density at radius 1 is 1.39 bits per heavy atom. The summed E-state index contributed by atoms with van der Waals surface area (Å²) in [5.74, 6) is -1.70. The van der Waals surface area contributed by atoms with Gasteiger partial charge in [-0.3, -0.25) is 9.78 Å². The van der Waals surface area contributed by atoms with Gasteiger partial charge < -0.3 is 31.4 Å². The van der Waals surface area contributed by atoms with E-state index >= 15 is 0 Å². The average molecular weight is 436 g/mol. The highest BCUT2D eigenvalue weighted by Crippen LogP contribution is 2.38. The van der Waals surface area contributed by atoms with Crippen molar-refractivity contribution in [1.82, 2.24) is 4.98 Å². The molecule has 0 aliphatic carbocycles. The number of anilines is 4. The summed E-state index contributed by atoms with van der Waals surface area (Å²) < 4.78 is 45.5. The lowest BCUT2D eigenvalue weighted by Gasteiger charge is -2.39. The number of nitrogens with zero attached hydrogens (tertiary/aromatic N) is 2. The van der Waals surface area contributed by atoms with Gasteiger partial charge in [0.05, 0.1) is 29.2 Å². The Balaban J connectivity index is 1.61. The van der Waals surface area contributed by atoms with Crippen molar-refractivity contribution in [1.29, 1.82) is 0 Å². The minimum atomic E-state index is -4.35. The van der Waals surface area contributed by atoms with Crippen LogP contribution < -0.4 is 27.0 Å². The summed E-state index contributed by atoms with van der Waals surface area (Å²) in [6.45, 7) is 2.43. The Morgan fingerprint density at radius 3 is 2.90 bits per heavy atom. The van der Waals surface area contributed by atoms with E-state index in [2.05, 4.69) is 15.6 Å². The van der Waals surface area contributed by atoms with Crippen LogP contribution in [0.3, 0.4) is 0 Å². The average Bonchev–Trinajstić information content (AvgIpc) is 3.02. The molecule has 2 aromatic heterocycles. The van der Waals surface area contributed by atoms with E-state index in [-0.39, 0.29) is 36.6 Å². The molecule has 0 radical (unpaired) electrons. The molecule has 1 fully saturated rings. The van der Waals surface area contributed by atoms with Crippen LogP contribution in [0.1, 0.15) is 29.5 Å². The highest BCUT2D eigenvalue weighted by Gasteiger charge is 2.44. The molecule has 0 unspecified atom stereocenters. The Kier molecular flexibility index (Phi) is 5.29. The molecule has 1 amide bonds. The number of piperidine rings is 1. The molecule has 2 aliphatic rings. The van der Waals surface area contributed by atoms with Crippen molar-refractivity contribution < 1.29 is 22.4 Å². The number of nitrogens with two attached hydrogens (primary N) is 2. The molecule has 1 saturated heterocycles. The summed E-state index contributed by atoms with van der Waals surface area (Å²) in [5, 5.41) is 5.82. The van der Waals surface area contributed by atoms with E-state index in [1.807, 2.05) is 6.92 Å². The summed E-state index contributed by atoms with van der Waals surface area (Å²) in [6, 6.07) is 0.910. The van der Waals surface area contributed by atoms with Crippen molar-refractivity contribution in [2.75, 3.05) is 40.9 Å². The first-order chi connectivity index (χ1) is 14.6. The first-order valence-corrected chi connectivity index (χ1v) is 9.79. The predicted octanol–water partition coefficient (Wildman–Crippen LogP) is 3.05. The number of nitrogens with one attached hydrogen (secondary N) is 2. The molecular weight excluding hydrogens is 413 g/mol. The Bertz CT molecular complexity index is 1030. The van der Waals surface area contributed by atoms with Crippen molar-refractivity contribution in [3.63, 3.8) is 0 Å².